The molecular formula is C23H24ClFN4O2. The van der Waals surface area contributed by atoms with Crippen molar-refractivity contribution < 1.29 is 13.9 Å². The molecule has 1 aliphatic rings. The average molecular weight is 443 g/mol. The number of halogens is 2. The van der Waals surface area contributed by atoms with Gasteiger partial charge in [0, 0.05) is 25.2 Å². The lowest BCUT2D eigenvalue weighted by molar-refractivity contribution is 0.0374. The minimum atomic E-state index is -0.326. The Morgan fingerprint density at radius 1 is 1.13 bits per heavy atom. The van der Waals surface area contributed by atoms with E-state index in [1.165, 1.54) is 12.1 Å². The second-order valence-electron chi connectivity index (χ2n) is 7.35. The topological polar surface area (TPSA) is 59.4 Å². The predicted octanol–water partition coefficient (Wildman–Crippen LogP) is 3.78. The van der Waals surface area contributed by atoms with E-state index >= 15 is 0 Å². The minimum Gasteiger partial charge on any atom is -0.379 e. The molecule has 8 heteroatoms. The number of hydrogen-bond acceptors (Lipinski definition) is 4. The summed E-state index contributed by atoms with van der Waals surface area (Å²) in [6, 6.07) is 14.9. The van der Waals surface area contributed by atoms with Crippen LogP contribution in [0.25, 0.3) is 16.9 Å². The van der Waals surface area contributed by atoms with Gasteiger partial charge in [-0.25, -0.2) is 9.07 Å². The van der Waals surface area contributed by atoms with Crippen molar-refractivity contribution in [3.63, 3.8) is 0 Å². The maximum absolute atomic E-state index is 13.3. The van der Waals surface area contributed by atoms with Crippen LogP contribution < -0.4 is 5.32 Å². The summed E-state index contributed by atoms with van der Waals surface area (Å²) in [7, 11) is 0. The maximum Gasteiger partial charge on any atom is 0.270 e. The molecule has 1 aliphatic heterocycles. The molecule has 0 radical (unpaired) electrons. The van der Waals surface area contributed by atoms with Gasteiger partial charge >= 0.3 is 0 Å². The third-order valence-electron chi connectivity index (χ3n) is 5.20. The third kappa shape index (κ3) is 5.31. The Morgan fingerprint density at radius 3 is 2.61 bits per heavy atom. The van der Waals surface area contributed by atoms with Gasteiger partial charge < -0.3 is 10.1 Å². The molecular weight excluding hydrogens is 419 g/mol. The number of hydrogen-bond donors (Lipinski definition) is 1. The lowest BCUT2D eigenvalue weighted by Gasteiger charge is -2.26. The predicted molar refractivity (Wildman–Crippen MR) is 118 cm³/mol. The van der Waals surface area contributed by atoms with Gasteiger partial charge in [-0.05, 0) is 55.4 Å². The van der Waals surface area contributed by atoms with E-state index in [-0.39, 0.29) is 11.7 Å². The standard InChI is InChI=1S/C23H24ClFN4O2/c24-19-4-1-2-5-21(19)29-22(16-20(27-29)17-6-8-18(25)9-7-17)23(30)26-10-3-11-28-12-14-31-15-13-28/h1-2,4-9,16H,3,10-15H2,(H,26,30). The number of aromatic nitrogens is 2. The summed E-state index contributed by atoms with van der Waals surface area (Å²) < 4.78 is 20.2. The van der Waals surface area contributed by atoms with Gasteiger partial charge in [0.25, 0.3) is 5.91 Å². The molecule has 1 N–H and O–H groups in total. The molecule has 0 saturated carbocycles. The molecule has 1 fully saturated rings. The van der Waals surface area contributed by atoms with Gasteiger partial charge in [0.1, 0.15) is 11.5 Å². The van der Waals surface area contributed by atoms with E-state index in [9.17, 15) is 9.18 Å². The van der Waals surface area contributed by atoms with Crippen LogP contribution in [0.4, 0.5) is 4.39 Å². The monoisotopic (exact) mass is 442 g/mol. The summed E-state index contributed by atoms with van der Waals surface area (Å²) in [5.74, 6) is -0.560. The zero-order chi connectivity index (χ0) is 21.6. The molecule has 2 aromatic carbocycles. The summed E-state index contributed by atoms with van der Waals surface area (Å²) in [5.41, 5.74) is 2.27. The number of nitrogens with zero attached hydrogens (tertiary/aromatic N) is 3. The van der Waals surface area contributed by atoms with Crippen LogP contribution in [-0.2, 0) is 4.74 Å². The van der Waals surface area contributed by atoms with Crippen molar-refractivity contribution in [3.8, 4) is 16.9 Å². The highest BCUT2D eigenvalue weighted by molar-refractivity contribution is 6.32. The molecule has 0 bridgehead atoms. The minimum absolute atomic E-state index is 0.234. The molecule has 31 heavy (non-hydrogen) atoms. The average Bonchev–Trinajstić information content (AvgIpc) is 3.23. The molecule has 2 heterocycles. The van der Waals surface area contributed by atoms with E-state index < -0.39 is 0 Å². The van der Waals surface area contributed by atoms with Crippen LogP contribution in [0.3, 0.4) is 0 Å². The molecule has 4 rings (SSSR count). The lowest BCUT2D eigenvalue weighted by atomic mass is 10.1. The van der Waals surface area contributed by atoms with Crippen molar-refractivity contribution >= 4 is 17.5 Å². The molecule has 0 atom stereocenters. The Kier molecular flexibility index (Phi) is 6.96. The first-order chi connectivity index (χ1) is 15.1. The zero-order valence-electron chi connectivity index (χ0n) is 17.1. The fourth-order valence-corrected chi connectivity index (χ4v) is 3.75. The van der Waals surface area contributed by atoms with Gasteiger partial charge in [0.2, 0.25) is 0 Å². The van der Waals surface area contributed by atoms with Crippen LogP contribution in [0.5, 0.6) is 0 Å². The summed E-state index contributed by atoms with van der Waals surface area (Å²) >= 11 is 6.37. The highest BCUT2D eigenvalue weighted by Gasteiger charge is 2.19. The van der Waals surface area contributed by atoms with Crippen LogP contribution in [0.1, 0.15) is 16.9 Å². The Labute approximate surface area is 185 Å². The third-order valence-corrected chi connectivity index (χ3v) is 5.52. The number of rotatable bonds is 7. The van der Waals surface area contributed by atoms with E-state index in [4.69, 9.17) is 16.3 Å². The molecule has 162 valence electrons. The first-order valence-electron chi connectivity index (χ1n) is 10.3. The quantitative estimate of drug-likeness (QED) is 0.566. The van der Waals surface area contributed by atoms with E-state index in [0.29, 0.717) is 34.2 Å². The van der Waals surface area contributed by atoms with Gasteiger partial charge in [-0.2, -0.15) is 5.10 Å². The van der Waals surface area contributed by atoms with Crippen molar-refractivity contribution in [1.82, 2.24) is 20.0 Å². The number of carbonyl (C=O) groups excluding carboxylic acids is 1. The van der Waals surface area contributed by atoms with Crippen molar-refractivity contribution in [2.75, 3.05) is 39.4 Å². The Balaban J connectivity index is 1.52. The van der Waals surface area contributed by atoms with Gasteiger partial charge in [-0.1, -0.05) is 23.7 Å². The molecule has 0 spiro atoms. The largest absolute Gasteiger partial charge is 0.379 e. The van der Waals surface area contributed by atoms with E-state index in [1.54, 1.807) is 35.0 Å². The lowest BCUT2D eigenvalue weighted by Crippen LogP contribution is -2.38. The Hall–Kier alpha value is -2.74. The first kappa shape index (κ1) is 21.5. The summed E-state index contributed by atoms with van der Waals surface area (Å²) in [4.78, 5) is 15.3. The summed E-state index contributed by atoms with van der Waals surface area (Å²) in [6.45, 7) is 4.83. The van der Waals surface area contributed by atoms with Crippen molar-refractivity contribution in [2.45, 2.75) is 6.42 Å². The first-order valence-corrected chi connectivity index (χ1v) is 10.7. The Morgan fingerprint density at radius 2 is 1.87 bits per heavy atom. The molecule has 0 unspecified atom stereocenters. The highest BCUT2D eigenvalue weighted by atomic mass is 35.5. The van der Waals surface area contributed by atoms with Gasteiger partial charge in [-0.3, -0.25) is 9.69 Å². The van der Waals surface area contributed by atoms with Crippen LogP contribution in [0.15, 0.2) is 54.6 Å². The zero-order valence-corrected chi connectivity index (χ0v) is 17.8. The highest BCUT2D eigenvalue weighted by Crippen LogP contribution is 2.25. The van der Waals surface area contributed by atoms with Crippen molar-refractivity contribution in [2.24, 2.45) is 0 Å². The molecule has 3 aromatic rings. The number of amides is 1. The number of morpholine rings is 1. The van der Waals surface area contributed by atoms with Crippen LogP contribution >= 0.6 is 11.6 Å². The second kappa shape index (κ2) is 10.0. The molecule has 1 amide bonds. The number of benzene rings is 2. The van der Waals surface area contributed by atoms with Crippen molar-refractivity contribution in [3.05, 3.63) is 71.1 Å². The Bertz CT molecular complexity index is 1030. The van der Waals surface area contributed by atoms with Gasteiger partial charge in [0.05, 0.1) is 29.6 Å². The fraction of sp³-hybridized carbons (Fsp3) is 0.304. The number of para-hydroxylation sites is 1. The number of ether oxygens (including phenoxy) is 1. The van der Waals surface area contributed by atoms with E-state index in [2.05, 4.69) is 15.3 Å². The molecule has 6 nitrogen and oxygen atoms in total. The SMILES string of the molecule is O=C(NCCCN1CCOCC1)c1cc(-c2ccc(F)cc2)nn1-c1ccccc1Cl. The van der Waals surface area contributed by atoms with Gasteiger partial charge in [0.15, 0.2) is 0 Å². The fourth-order valence-electron chi connectivity index (χ4n) is 3.53. The molecule has 1 aromatic heterocycles. The number of carbonyl (C=O) groups is 1. The smallest absolute Gasteiger partial charge is 0.270 e. The molecule has 1 saturated heterocycles. The van der Waals surface area contributed by atoms with Crippen molar-refractivity contribution in [1.29, 1.82) is 0 Å². The van der Waals surface area contributed by atoms with Gasteiger partial charge in [-0.15, -0.1) is 0 Å². The van der Waals surface area contributed by atoms with Crippen LogP contribution in [0, 0.1) is 5.82 Å². The summed E-state index contributed by atoms with van der Waals surface area (Å²) in [6.07, 6.45) is 0.844. The summed E-state index contributed by atoms with van der Waals surface area (Å²) in [5, 5.41) is 8.06. The second-order valence-corrected chi connectivity index (χ2v) is 7.76. The normalized spacial score (nSPS) is 14.5. The van der Waals surface area contributed by atoms with E-state index in [0.717, 1.165) is 39.3 Å². The maximum atomic E-state index is 13.3. The van der Waals surface area contributed by atoms with Crippen LogP contribution in [-0.4, -0.2) is 60.0 Å². The molecule has 0 aliphatic carbocycles. The number of nitrogens with one attached hydrogen (secondary N) is 1. The van der Waals surface area contributed by atoms with Crippen LogP contribution in [0.2, 0.25) is 5.02 Å². The van der Waals surface area contributed by atoms with E-state index in [1.807, 2.05) is 12.1 Å².